The minimum Gasteiger partial charge on any atom is -0.299 e. The average molecular weight is 417 g/mol. The molecule has 1 heterocycles. The summed E-state index contributed by atoms with van der Waals surface area (Å²) in [5, 5.41) is 0.770. The lowest BCUT2D eigenvalue weighted by atomic mass is 9.97. The molecule has 0 aromatic heterocycles. The van der Waals surface area contributed by atoms with Crippen molar-refractivity contribution in [3.8, 4) is 0 Å². The number of aryl methyl sites for hydroxylation is 1. The van der Waals surface area contributed by atoms with Gasteiger partial charge in [-0.2, -0.15) is 0 Å². The molecule has 1 aliphatic carbocycles. The minimum absolute atomic E-state index is 0.460. The Morgan fingerprint density at radius 1 is 1.14 bits per heavy atom. The van der Waals surface area contributed by atoms with E-state index in [2.05, 4.69) is 33.9 Å². The topological polar surface area (TPSA) is 49.4 Å². The van der Waals surface area contributed by atoms with Gasteiger partial charge in [0, 0.05) is 30.3 Å². The Hall–Kier alpha value is -1.82. The highest BCUT2D eigenvalue weighted by molar-refractivity contribution is 7.92. The van der Waals surface area contributed by atoms with Gasteiger partial charge in [-0.3, -0.25) is 9.62 Å². The van der Waals surface area contributed by atoms with E-state index >= 15 is 0 Å². The maximum absolute atomic E-state index is 11.5. The molecule has 0 saturated carbocycles. The number of sulfonamides is 1. The highest BCUT2D eigenvalue weighted by atomic mass is 35.5. The fourth-order valence-electron chi connectivity index (χ4n) is 4.27. The lowest BCUT2D eigenvalue weighted by molar-refractivity contribution is 0.281. The molecule has 4 nitrogen and oxygen atoms in total. The summed E-state index contributed by atoms with van der Waals surface area (Å²) in [7, 11) is -3.25. The van der Waals surface area contributed by atoms with Crippen LogP contribution in [0.15, 0.2) is 48.5 Å². The smallest absolute Gasteiger partial charge is 0.229 e. The first kappa shape index (κ1) is 19.5. The molecule has 6 heteroatoms. The Balaban J connectivity index is 1.43. The van der Waals surface area contributed by atoms with Gasteiger partial charge >= 0.3 is 0 Å². The van der Waals surface area contributed by atoms with E-state index < -0.39 is 10.0 Å². The largest absolute Gasteiger partial charge is 0.299 e. The standard InChI is InChI=1S/C22H25ClN2O2S/c1-28(26,27)24-21-9-6-18-2-3-19(22(18)14-21)15-25-12-10-17(11-13-25)16-4-7-20(23)8-5-16/h4-10,14,19,24H,2-3,11-13,15H2,1H3. The van der Waals surface area contributed by atoms with Gasteiger partial charge in [0.15, 0.2) is 0 Å². The van der Waals surface area contributed by atoms with Gasteiger partial charge in [0.25, 0.3) is 0 Å². The van der Waals surface area contributed by atoms with E-state index in [0.717, 1.165) is 43.9 Å². The van der Waals surface area contributed by atoms with Crippen molar-refractivity contribution in [1.29, 1.82) is 0 Å². The second kappa shape index (κ2) is 7.90. The van der Waals surface area contributed by atoms with E-state index in [-0.39, 0.29) is 0 Å². The fraction of sp³-hybridized carbons (Fsp3) is 0.364. The third kappa shape index (κ3) is 4.59. The van der Waals surface area contributed by atoms with Gasteiger partial charge in [-0.05, 0) is 71.7 Å². The molecule has 1 N–H and O–H groups in total. The van der Waals surface area contributed by atoms with Crippen LogP contribution >= 0.6 is 11.6 Å². The van der Waals surface area contributed by atoms with Crippen LogP contribution in [0.2, 0.25) is 5.02 Å². The van der Waals surface area contributed by atoms with Gasteiger partial charge in [0.1, 0.15) is 0 Å². The Morgan fingerprint density at radius 2 is 1.93 bits per heavy atom. The van der Waals surface area contributed by atoms with Crippen LogP contribution in [-0.2, 0) is 16.4 Å². The lowest BCUT2D eigenvalue weighted by Gasteiger charge is -2.29. The van der Waals surface area contributed by atoms with Crippen molar-refractivity contribution < 1.29 is 8.42 Å². The van der Waals surface area contributed by atoms with E-state index in [1.54, 1.807) is 0 Å². The van der Waals surface area contributed by atoms with Crippen molar-refractivity contribution in [3.05, 3.63) is 70.3 Å². The Labute approximate surface area is 172 Å². The third-order valence-electron chi connectivity index (χ3n) is 5.64. The summed E-state index contributed by atoms with van der Waals surface area (Å²) in [6.45, 7) is 3.01. The summed E-state index contributed by atoms with van der Waals surface area (Å²) in [6, 6.07) is 14.0. The van der Waals surface area contributed by atoms with Crippen LogP contribution in [0.25, 0.3) is 5.57 Å². The SMILES string of the molecule is CS(=O)(=O)Nc1ccc2c(c1)C(CN1CC=C(c3ccc(Cl)cc3)CC1)CC2. The van der Waals surface area contributed by atoms with Crippen LogP contribution in [0.3, 0.4) is 0 Å². The van der Waals surface area contributed by atoms with Crippen molar-refractivity contribution in [2.24, 2.45) is 0 Å². The fourth-order valence-corrected chi connectivity index (χ4v) is 4.95. The van der Waals surface area contributed by atoms with Gasteiger partial charge in [-0.1, -0.05) is 35.9 Å². The molecule has 148 valence electrons. The Morgan fingerprint density at radius 3 is 2.61 bits per heavy atom. The van der Waals surface area contributed by atoms with Crippen LogP contribution in [0.5, 0.6) is 0 Å². The zero-order chi connectivity index (χ0) is 19.7. The van der Waals surface area contributed by atoms with Gasteiger partial charge in [-0.15, -0.1) is 0 Å². The van der Waals surface area contributed by atoms with E-state index in [0.29, 0.717) is 11.6 Å². The minimum atomic E-state index is -3.25. The third-order valence-corrected chi connectivity index (χ3v) is 6.50. The molecule has 1 unspecified atom stereocenters. The lowest BCUT2D eigenvalue weighted by Crippen LogP contribution is -2.32. The van der Waals surface area contributed by atoms with Crippen molar-refractivity contribution in [3.63, 3.8) is 0 Å². The van der Waals surface area contributed by atoms with E-state index in [9.17, 15) is 8.42 Å². The predicted molar refractivity (Wildman–Crippen MR) is 116 cm³/mol. The summed E-state index contributed by atoms with van der Waals surface area (Å²) in [5.74, 6) is 0.460. The molecule has 2 aliphatic rings. The van der Waals surface area contributed by atoms with Gasteiger partial charge < -0.3 is 0 Å². The molecule has 2 aromatic rings. The molecule has 1 aliphatic heterocycles. The van der Waals surface area contributed by atoms with Crippen LogP contribution in [-0.4, -0.2) is 39.2 Å². The van der Waals surface area contributed by atoms with Crippen LogP contribution < -0.4 is 4.72 Å². The molecule has 1 atom stereocenters. The van der Waals surface area contributed by atoms with E-state index in [4.69, 9.17) is 11.6 Å². The first-order valence-electron chi connectivity index (χ1n) is 9.65. The van der Waals surface area contributed by atoms with Crippen LogP contribution in [0, 0.1) is 0 Å². The molecule has 0 spiro atoms. The van der Waals surface area contributed by atoms with Gasteiger partial charge in [0.2, 0.25) is 10.0 Å². The second-order valence-electron chi connectivity index (χ2n) is 7.77. The monoisotopic (exact) mass is 416 g/mol. The summed E-state index contributed by atoms with van der Waals surface area (Å²) in [5.41, 5.74) is 5.95. The van der Waals surface area contributed by atoms with Gasteiger partial charge in [-0.25, -0.2) is 8.42 Å². The molecule has 0 saturated heterocycles. The zero-order valence-electron chi connectivity index (χ0n) is 16.0. The summed E-state index contributed by atoms with van der Waals surface area (Å²) in [6.07, 6.45) is 6.75. The van der Waals surface area contributed by atoms with Crippen LogP contribution in [0.1, 0.15) is 35.4 Å². The summed E-state index contributed by atoms with van der Waals surface area (Å²) in [4.78, 5) is 2.50. The van der Waals surface area contributed by atoms with Crippen molar-refractivity contribution in [2.45, 2.75) is 25.2 Å². The maximum atomic E-state index is 11.5. The molecular formula is C22H25ClN2O2S. The second-order valence-corrected chi connectivity index (χ2v) is 9.95. The summed E-state index contributed by atoms with van der Waals surface area (Å²) >= 11 is 5.99. The molecule has 2 aromatic carbocycles. The highest BCUT2D eigenvalue weighted by Gasteiger charge is 2.26. The van der Waals surface area contributed by atoms with E-state index in [1.165, 1.54) is 28.5 Å². The number of hydrogen-bond acceptors (Lipinski definition) is 3. The number of nitrogens with zero attached hydrogens (tertiary/aromatic N) is 1. The molecule has 28 heavy (non-hydrogen) atoms. The highest BCUT2D eigenvalue weighted by Crippen LogP contribution is 2.36. The number of nitrogens with one attached hydrogen (secondary N) is 1. The van der Waals surface area contributed by atoms with Crippen molar-refractivity contribution in [2.75, 3.05) is 30.6 Å². The maximum Gasteiger partial charge on any atom is 0.229 e. The molecule has 4 rings (SSSR count). The summed E-state index contributed by atoms with van der Waals surface area (Å²) < 4.78 is 25.7. The first-order chi connectivity index (χ1) is 13.4. The molecule has 0 radical (unpaired) electrons. The Kier molecular flexibility index (Phi) is 5.50. The number of hydrogen-bond donors (Lipinski definition) is 1. The molecule has 0 bridgehead atoms. The zero-order valence-corrected chi connectivity index (χ0v) is 17.6. The molecule has 0 amide bonds. The quantitative estimate of drug-likeness (QED) is 0.778. The number of halogens is 1. The van der Waals surface area contributed by atoms with Crippen LogP contribution in [0.4, 0.5) is 5.69 Å². The Bertz CT molecular complexity index is 1000. The predicted octanol–water partition coefficient (Wildman–Crippen LogP) is 4.53. The number of fused-ring (bicyclic) bond motifs is 1. The first-order valence-corrected chi connectivity index (χ1v) is 11.9. The normalized spacial score (nSPS) is 19.9. The molecule has 0 fully saturated rings. The average Bonchev–Trinajstić information content (AvgIpc) is 3.04. The van der Waals surface area contributed by atoms with Gasteiger partial charge in [0.05, 0.1) is 6.26 Å². The van der Waals surface area contributed by atoms with E-state index in [1.807, 2.05) is 24.3 Å². The number of benzene rings is 2. The number of rotatable bonds is 5. The van der Waals surface area contributed by atoms with Crippen molar-refractivity contribution >= 4 is 32.9 Å². The van der Waals surface area contributed by atoms with Crippen molar-refractivity contribution in [1.82, 2.24) is 4.90 Å². The number of anilines is 1. The molecular weight excluding hydrogens is 392 g/mol.